The SMILES string of the molecule is CCn1cc(C2=NOC(C(=O)Nc3ccc(Cl)cc3Cl)C2)c(C)n1. The van der Waals surface area contributed by atoms with Gasteiger partial charge in [-0.05, 0) is 32.0 Å². The Bertz CT molecular complexity index is 816. The molecule has 8 heteroatoms. The summed E-state index contributed by atoms with van der Waals surface area (Å²) in [6.45, 7) is 4.69. The van der Waals surface area contributed by atoms with Crippen LogP contribution >= 0.6 is 23.2 Å². The van der Waals surface area contributed by atoms with Crippen molar-refractivity contribution in [3.05, 3.63) is 45.7 Å². The van der Waals surface area contributed by atoms with Gasteiger partial charge in [0.2, 0.25) is 6.10 Å². The number of carbonyl (C=O) groups is 1. The zero-order valence-corrected chi connectivity index (χ0v) is 14.7. The highest BCUT2D eigenvalue weighted by Gasteiger charge is 2.30. The first-order valence-electron chi connectivity index (χ1n) is 7.51. The lowest BCUT2D eigenvalue weighted by atomic mass is 10.1. The Morgan fingerprint density at radius 3 is 2.92 bits per heavy atom. The highest BCUT2D eigenvalue weighted by Crippen LogP contribution is 2.26. The van der Waals surface area contributed by atoms with E-state index in [4.69, 9.17) is 28.0 Å². The third kappa shape index (κ3) is 3.39. The molecule has 0 spiro atoms. The summed E-state index contributed by atoms with van der Waals surface area (Å²) in [5.74, 6) is -0.307. The lowest BCUT2D eigenvalue weighted by molar-refractivity contribution is -0.125. The summed E-state index contributed by atoms with van der Waals surface area (Å²) in [5.41, 5.74) is 2.96. The Labute approximate surface area is 149 Å². The van der Waals surface area contributed by atoms with Crippen LogP contribution in [0.3, 0.4) is 0 Å². The van der Waals surface area contributed by atoms with E-state index < -0.39 is 6.10 Å². The van der Waals surface area contributed by atoms with Gasteiger partial charge in [-0.15, -0.1) is 0 Å². The second-order valence-corrected chi connectivity index (χ2v) is 6.28. The van der Waals surface area contributed by atoms with Crippen LogP contribution in [0, 0.1) is 6.92 Å². The summed E-state index contributed by atoms with van der Waals surface area (Å²) >= 11 is 11.9. The second-order valence-electron chi connectivity index (χ2n) is 5.43. The fourth-order valence-electron chi connectivity index (χ4n) is 2.44. The van der Waals surface area contributed by atoms with E-state index in [1.807, 2.05) is 24.7 Å². The first-order chi connectivity index (χ1) is 11.5. The molecule has 1 unspecified atom stereocenters. The molecule has 24 heavy (non-hydrogen) atoms. The first-order valence-corrected chi connectivity index (χ1v) is 8.26. The molecule has 0 saturated carbocycles. The van der Waals surface area contributed by atoms with Crippen LogP contribution in [0.1, 0.15) is 24.6 Å². The Kier molecular flexibility index (Phi) is 4.78. The fraction of sp³-hybridized carbons (Fsp3) is 0.312. The van der Waals surface area contributed by atoms with E-state index in [0.717, 1.165) is 23.5 Å². The number of carbonyl (C=O) groups excluding carboxylic acids is 1. The van der Waals surface area contributed by atoms with Crippen molar-refractivity contribution in [1.29, 1.82) is 0 Å². The molecule has 2 heterocycles. The van der Waals surface area contributed by atoms with Crippen LogP contribution in [0.15, 0.2) is 29.6 Å². The van der Waals surface area contributed by atoms with E-state index in [9.17, 15) is 4.79 Å². The molecular weight excluding hydrogens is 351 g/mol. The molecule has 1 aliphatic rings. The molecule has 126 valence electrons. The van der Waals surface area contributed by atoms with E-state index in [0.29, 0.717) is 22.2 Å². The van der Waals surface area contributed by atoms with Gasteiger partial charge in [-0.3, -0.25) is 9.48 Å². The van der Waals surface area contributed by atoms with E-state index in [1.54, 1.807) is 18.2 Å². The third-order valence-corrected chi connectivity index (χ3v) is 4.28. The summed E-state index contributed by atoms with van der Waals surface area (Å²) < 4.78 is 1.83. The number of aromatic nitrogens is 2. The molecule has 2 aromatic rings. The van der Waals surface area contributed by atoms with E-state index in [-0.39, 0.29) is 5.91 Å². The van der Waals surface area contributed by atoms with Gasteiger partial charge in [0, 0.05) is 29.7 Å². The molecule has 1 N–H and O–H groups in total. The molecule has 1 atom stereocenters. The normalized spacial score (nSPS) is 16.7. The summed E-state index contributed by atoms with van der Waals surface area (Å²) in [7, 11) is 0. The van der Waals surface area contributed by atoms with Gasteiger partial charge in [0.25, 0.3) is 5.91 Å². The summed E-state index contributed by atoms with van der Waals surface area (Å²) in [5, 5.41) is 12.0. The van der Waals surface area contributed by atoms with Crippen molar-refractivity contribution in [3.8, 4) is 0 Å². The average Bonchev–Trinajstić information content (AvgIpc) is 3.16. The number of anilines is 1. The van der Waals surface area contributed by atoms with Gasteiger partial charge in [0.15, 0.2) is 0 Å². The van der Waals surface area contributed by atoms with Crippen molar-refractivity contribution >= 4 is 40.5 Å². The maximum atomic E-state index is 12.4. The molecule has 0 aliphatic carbocycles. The van der Waals surface area contributed by atoms with Crippen molar-refractivity contribution in [3.63, 3.8) is 0 Å². The molecule has 0 radical (unpaired) electrons. The lowest BCUT2D eigenvalue weighted by Crippen LogP contribution is -2.28. The van der Waals surface area contributed by atoms with Crippen molar-refractivity contribution < 1.29 is 9.63 Å². The summed E-state index contributed by atoms with van der Waals surface area (Å²) in [4.78, 5) is 17.6. The molecule has 1 aromatic heterocycles. The number of rotatable bonds is 4. The molecule has 1 aromatic carbocycles. The third-order valence-electron chi connectivity index (χ3n) is 3.73. The number of nitrogens with one attached hydrogen (secondary N) is 1. The van der Waals surface area contributed by atoms with Crippen molar-refractivity contribution in [1.82, 2.24) is 9.78 Å². The highest BCUT2D eigenvalue weighted by atomic mass is 35.5. The minimum Gasteiger partial charge on any atom is -0.382 e. The topological polar surface area (TPSA) is 68.5 Å². The number of nitrogens with zero attached hydrogens (tertiary/aromatic N) is 3. The van der Waals surface area contributed by atoms with Crippen LogP contribution in [0.4, 0.5) is 5.69 Å². The summed E-state index contributed by atoms with van der Waals surface area (Å²) in [6, 6.07) is 4.87. The van der Waals surface area contributed by atoms with Crippen LogP contribution in [-0.2, 0) is 16.2 Å². The van der Waals surface area contributed by atoms with Gasteiger partial charge >= 0.3 is 0 Å². The van der Waals surface area contributed by atoms with Crippen molar-refractivity contribution in [2.75, 3.05) is 5.32 Å². The lowest BCUT2D eigenvalue weighted by Gasteiger charge is -2.10. The summed E-state index contributed by atoms with van der Waals surface area (Å²) in [6.07, 6.45) is 1.59. The maximum absolute atomic E-state index is 12.4. The predicted octanol–water partition coefficient (Wildman–Crippen LogP) is 3.65. The molecule has 0 fully saturated rings. The fourth-order valence-corrected chi connectivity index (χ4v) is 2.90. The molecule has 3 rings (SSSR count). The quantitative estimate of drug-likeness (QED) is 0.897. The minimum atomic E-state index is -0.698. The number of aryl methyl sites for hydroxylation is 2. The molecular formula is C16H16Cl2N4O2. The Morgan fingerprint density at radius 1 is 1.46 bits per heavy atom. The molecule has 1 amide bonds. The average molecular weight is 367 g/mol. The highest BCUT2D eigenvalue weighted by molar-refractivity contribution is 6.36. The number of halogens is 2. The Morgan fingerprint density at radius 2 is 2.25 bits per heavy atom. The standard InChI is InChI=1S/C16H16Cl2N4O2/c1-3-22-8-11(9(2)20-22)14-7-15(24-21-14)16(23)19-13-5-4-10(17)6-12(13)18/h4-6,8,15H,3,7H2,1-2H3,(H,19,23). The van der Waals surface area contributed by atoms with Crippen molar-refractivity contribution in [2.24, 2.45) is 5.16 Å². The van der Waals surface area contributed by atoms with Gasteiger partial charge < -0.3 is 10.2 Å². The van der Waals surface area contributed by atoms with Crippen LogP contribution in [0.25, 0.3) is 0 Å². The number of hydrogen-bond acceptors (Lipinski definition) is 4. The number of hydrogen-bond donors (Lipinski definition) is 1. The number of benzene rings is 1. The van der Waals surface area contributed by atoms with Gasteiger partial charge in [-0.2, -0.15) is 5.10 Å². The zero-order chi connectivity index (χ0) is 17.3. The van der Waals surface area contributed by atoms with Crippen LogP contribution in [0.2, 0.25) is 10.0 Å². The predicted molar refractivity (Wildman–Crippen MR) is 93.8 cm³/mol. The smallest absolute Gasteiger partial charge is 0.268 e. The zero-order valence-electron chi connectivity index (χ0n) is 13.2. The van der Waals surface area contributed by atoms with E-state index >= 15 is 0 Å². The van der Waals surface area contributed by atoms with Crippen LogP contribution in [-0.4, -0.2) is 27.5 Å². The Hall–Kier alpha value is -2.05. The van der Waals surface area contributed by atoms with Crippen LogP contribution in [0.5, 0.6) is 0 Å². The maximum Gasteiger partial charge on any atom is 0.268 e. The second kappa shape index (κ2) is 6.83. The Balaban J connectivity index is 1.67. The van der Waals surface area contributed by atoms with Crippen molar-refractivity contribution in [2.45, 2.75) is 32.9 Å². The largest absolute Gasteiger partial charge is 0.382 e. The minimum absolute atomic E-state index is 0.307. The molecule has 1 aliphatic heterocycles. The number of oxime groups is 1. The molecule has 6 nitrogen and oxygen atoms in total. The monoisotopic (exact) mass is 366 g/mol. The van der Waals surface area contributed by atoms with E-state index in [1.165, 1.54) is 0 Å². The van der Waals surface area contributed by atoms with Gasteiger partial charge in [-0.25, -0.2) is 0 Å². The molecule has 0 saturated heterocycles. The van der Waals surface area contributed by atoms with Crippen LogP contribution < -0.4 is 5.32 Å². The molecule has 0 bridgehead atoms. The number of amides is 1. The van der Waals surface area contributed by atoms with Gasteiger partial charge in [0.05, 0.1) is 22.1 Å². The first kappa shape index (κ1) is 16.8. The van der Waals surface area contributed by atoms with Gasteiger partial charge in [0.1, 0.15) is 0 Å². The van der Waals surface area contributed by atoms with Gasteiger partial charge in [-0.1, -0.05) is 28.4 Å². The van der Waals surface area contributed by atoms with E-state index in [2.05, 4.69) is 15.6 Å².